The highest BCUT2D eigenvalue weighted by molar-refractivity contribution is 7.08. The molecule has 17 heavy (non-hydrogen) atoms. The number of rotatable bonds is 2. The average Bonchev–Trinajstić information content (AvgIpc) is 2.91. The molecule has 3 heteroatoms. The number of thiophene rings is 1. The van der Waals surface area contributed by atoms with Crippen LogP contribution in [0.2, 0.25) is 0 Å². The fourth-order valence-corrected chi connectivity index (χ4v) is 2.57. The predicted octanol–water partition coefficient (Wildman–Crippen LogP) is 3.34. The summed E-state index contributed by atoms with van der Waals surface area (Å²) in [5, 5.41) is 5.26. The molecule has 0 radical (unpaired) electrons. The summed E-state index contributed by atoms with van der Waals surface area (Å²) in [4.78, 5) is 4.61. The van der Waals surface area contributed by atoms with Crippen LogP contribution in [0.3, 0.4) is 0 Å². The molecule has 84 valence electrons. The van der Waals surface area contributed by atoms with Crippen LogP contribution in [0.25, 0.3) is 10.9 Å². The zero-order valence-corrected chi connectivity index (χ0v) is 10.0. The summed E-state index contributed by atoms with van der Waals surface area (Å²) >= 11 is 1.66. The van der Waals surface area contributed by atoms with Crippen LogP contribution in [0.1, 0.15) is 17.3 Å². The zero-order valence-electron chi connectivity index (χ0n) is 9.21. The lowest BCUT2D eigenvalue weighted by Gasteiger charge is -2.10. The fraction of sp³-hybridized carbons (Fsp3) is 0.0714. The van der Waals surface area contributed by atoms with Gasteiger partial charge in [-0.2, -0.15) is 11.3 Å². The van der Waals surface area contributed by atoms with Crippen molar-refractivity contribution in [3.8, 4) is 0 Å². The summed E-state index contributed by atoms with van der Waals surface area (Å²) < 4.78 is 0. The first-order chi connectivity index (χ1) is 8.34. The lowest BCUT2D eigenvalue weighted by atomic mass is 10.1. The van der Waals surface area contributed by atoms with E-state index in [1.807, 2.05) is 35.7 Å². The average molecular weight is 240 g/mol. The van der Waals surface area contributed by atoms with Gasteiger partial charge in [0.15, 0.2) is 0 Å². The Morgan fingerprint density at radius 2 is 1.94 bits per heavy atom. The smallest absolute Gasteiger partial charge is 0.0734 e. The van der Waals surface area contributed by atoms with Crippen molar-refractivity contribution in [2.45, 2.75) is 6.04 Å². The molecule has 0 aliphatic rings. The molecule has 1 aromatic carbocycles. The number of aromatic nitrogens is 1. The van der Waals surface area contributed by atoms with E-state index in [2.05, 4.69) is 22.5 Å². The van der Waals surface area contributed by atoms with Gasteiger partial charge < -0.3 is 5.73 Å². The van der Waals surface area contributed by atoms with Gasteiger partial charge in [0.25, 0.3) is 0 Å². The SMILES string of the molecule is NC(c1ccsc1)c1ccc2ccccc2n1. The van der Waals surface area contributed by atoms with Crippen LogP contribution in [0.15, 0.2) is 53.2 Å². The maximum Gasteiger partial charge on any atom is 0.0734 e. The molecule has 0 aliphatic heterocycles. The third-order valence-electron chi connectivity index (χ3n) is 2.84. The number of para-hydroxylation sites is 1. The first kappa shape index (κ1) is 10.4. The van der Waals surface area contributed by atoms with Crippen molar-refractivity contribution >= 4 is 22.2 Å². The minimum Gasteiger partial charge on any atom is -0.319 e. The maximum absolute atomic E-state index is 6.20. The predicted molar refractivity (Wildman–Crippen MR) is 72.1 cm³/mol. The molecule has 0 aliphatic carbocycles. The molecule has 2 nitrogen and oxygen atoms in total. The molecule has 2 N–H and O–H groups in total. The molecule has 0 bridgehead atoms. The first-order valence-corrected chi connectivity index (χ1v) is 6.42. The molecular weight excluding hydrogens is 228 g/mol. The van der Waals surface area contributed by atoms with Crippen LogP contribution in [0.5, 0.6) is 0 Å². The second-order valence-electron chi connectivity index (χ2n) is 3.96. The topological polar surface area (TPSA) is 38.9 Å². The second-order valence-corrected chi connectivity index (χ2v) is 4.74. The quantitative estimate of drug-likeness (QED) is 0.746. The largest absolute Gasteiger partial charge is 0.319 e. The van der Waals surface area contributed by atoms with Crippen molar-refractivity contribution < 1.29 is 0 Å². The molecule has 1 atom stereocenters. The number of benzene rings is 1. The fourth-order valence-electron chi connectivity index (χ4n) is 1.88. The van der Waals surface area contributed by atoms with Crippen molar-refractivity contribution in [1.82, 2.24) is 4.98 Å². The molecule has 1 unspecified atom stereocenters. The highest BCUT2D eigenvalue weighted by atomic mass is 32.1. The number of nitrogens with two attached hydrogens (primary N) is 1. The lowest BCUT2D eigenvalue weighted by molar-refractivity contribution is 0.840. The molecule has 3 rings (SSSR count). The van der Waals surface area contributed by atoms with E-state index in [1.165, 1.54) is 0 Å². The van der Waals surface area contributed by atoms with E-state index < -0.39 is 0 Å². The van der Waals surface area contributed by atoms with Crippen molar-refractivity contribution in [2.75, 3.05) is 0 Å². The number of pyridine rings is 1. The van der Waals surface area contributed by atoms with E-state index in [9.17, 15) is 0 Å². The maximum atomic E-state index is 6.20. The Bertz CT molecular complexity index is 632. The van der Waals surface area contributed by atoms with Gasteiger partial charge >= 0.3 is 0 Å². The van der Waals surface area contributed by atoms with Crippen LogP contribution in [-0.2, 0) is 0 Å². The molecule has 0 fully saturated rings. The molecule has 2 aromatic heterocycles. The van der Waals surface area contributed by atoms with Crippen LogP contribution in [-0.4, -0.2) is 4.98 Å². The summed E-state index contributed by atoms with van der Waals surface area (Å²) in [6, 6.07) is 14.1. The summed E-state index contributed by atoms with van der Waals surface area (Å²) in [5.74, 6) is 0. The highest BCUT2D eigenvalue weighted by Gasteiger charge is 2.10. The minimum absolute atomic E-state index is 0.133. The minimum atomic E-state index is -0.133. The highest BCUT2D eigenvalue weighted by Crippen LogP contribution is 2.22. The van der Waals surface area contributed by atoms with E-state index in [0.29, 0.717) is 0 Å². The Hall–Kier alpha value is -1.71. The van der Waals surface area contributed by atoms with Gasteiger partial charge in [0.2, 0.25) is 0 Å². The van der Waals surface area contributed by atoms with Gasteiger partial charge in [-0.25, -0.2) is 0 Å². The number of hydrogen-bond donors (Lipinski definition) is 1. The van der Waals surface area contributed by atoms with Gasteiger partial charge in [-0.05, 0) is 34.5 Å². The summed E-state index contributed by atoms with van der Waals surface area (Å²) in [5.41, 5.74) is 9.23. The molecule has 0 saturated heterocycles. The van der Waals surface area contributed by atoms with Gasteiger partial charge in [-0.15, -0.1) is 0 Å². The molecule has 2 heterocycles. The monoisotopic (exact) mass is 240 g/mol. The Labute approximate surface area is 104 Å². The molecular formula is C14H12N2S. The summed E-state index contributed by atoms with van der Waals surface area (Å²) in [7, 11) is 0. The van der Waals surface area contributed by atoms with Gasteiger partial charge in [0, 0.05) is 5.39 Å². The number of hydrogen-bond acceptors (Lipinski definition) is 3. The van der Waals surface area contributed by atoms with Crippen molar-refractivity contribution in [1.29, 1.82) is 0 Å². The molecule has 0 amide bonds. The first-order valence-electron chi connectivity index (χ1n) is 5.48. The van der Waals surface area contributed by atoms with E-state index in [0.717, 1.165) is 22.2 Å². The summed E-state index contributed by atoms with van der Waals surface area (Å²) in [6.45, 7) is 0. The Morgan fingerprint density at radius 3 is 2.76 bits per heavy atom. The van der Waals surface area contributed by atoms with Crippen LogP contribution in [0, 0.1) is 0 Å². The zero-order chi connectivity index (χ0) is 11.7. The molecule has 0 saturated carbocycles. The standard InChI is InChI=1S/C14H12N2S/c15-14(11-7-8-17-9-11)13-6-5-10-3-1-2-4-12(10)16-13/h1-9,14H,15H2. The van der Waals surface area contributed by atoms with E-state index >= 15 is 0 Å². The molecule has 0 spiro atoms. The normalized spacial score (nSPS) is 12.8. The van der Waals surface area contributed by atoms with Crippen molar-refractivity contribution in [3.63, 3.8) is 0 Å². The Balaban J connectivity index is 2.06. The molecule has 3 aromatic rings. The Morgan fingerprint density at radius 1 is 1.06 bits per heavy atom. The van der Waals surface area contributed by atoms with Crippen LogP contribution < -0.4 is 5.73 Å². The summed E-state index contributed by atoms with van der Waals surface area (Å²) in [6.07, 6.45) is 0. The van der Waals surface area contributed by atoms with Gasteiger partial charge in [0.1, 0.15) is 0 Å². The van der Waals surface area contributed by atoms with Crippen molar-refractivity contribution in [3.05, 3.63) is 64.5 Å². The van der Waals surface area contributed by atoms with Crippen LogP contribution >= 0.6 is 11.3 Å². The van der Waals surface area contributed by atoms with Gasteiger partial charge in [0.05, 0.1) is 17.3 Å². The number of nitrogens with zero attached hydrogens (tertiary/aromatic N) is 1. The van der Waals surface area contributed by atoms with Gasteiger partial charge in [-0.3, -0.25) is 4.98 Å². The van der Waals surface area contributed by atoms with E-state index in [4.69, 9.17) is 5.73 Å². The van der Waals surface area contributed by atoms with E-state index in [-0.39, 0.29) is 6.04 Å². The van der Waals surface area contributed by atoms with Gasteiger partial charge in [-0.1, -0.05) is 24.3 Å². The Kier molecular flexibility index (Phi) is 2.63. The van der Waals surface area contributed by atoms with E-state index in [1.54, 1.807) is 11.3 Å². The third kappa shape index (κ3) is 1.95. The van der Waals surface area contributed by atoms with Crippen LogP contribution in [0.4, 0.5) is 0 Å². The number of fused-ring (bicyclic) bond motifs is 1. The second kappa shape index (κ2) is 4.28. The lowest BCUT2D eigenvalue weighted by Crippen LogP contribution is -2.12. The third-order valence-corrected chi connectivity index (χ3v) is 3.54. The van der Waals surface area contributed by atoms with Crippen molar-refractivity contribution in [2.24, 2.45) is 5.73 Å².